The zero-order chi connectivity index (χ0) is 16.7. The number of rotatable bonds is 5. The van der Waals surface area contributed by atoms with Gasteiger partial charge >= 0.3 is 11.9 Å². The summed E-state index contributed by atoms with van der Waals surface area (Å²) >= 11 is 0. The smallest absolute Gasteiger partial charge is 0.346 e. The number of carbonyl (C=O) groups excluding carboxylic acids is 2. The Morgan fingerprint density at radius 1 is 0.826 bits per heavy atom. The van der Waals surface area contributed by atoms with Crippen LogP contribution >= 0.6 is 0 Å². The highest BCUT2D eigenvalue weighted by Gasteiger charge is 2.19. The molecule has 0 fully saturated rings. The summed E-state index contributed by atoms with van der Waals surface area (Å²) in [7, 11) is 2.40. The van der Waals surface area contributed by atoms with Gasteiger partial charge in [-0.05, 0) is 23.3 Å². The van der Waals surface area contributed by atoms with Gasteiger partial charge < -0.3 is 14.8 Å². The van der Waals surface area contributed by atoms with Crippen LogP contribution in [0.1, 0.15) is 0 Å². The fourth-order valence-corrected chi connectivity index (χ4v) is 1.97. The quantitative estimate of drug-likeness (QED) is 0.398. The molecule has 0 amide bonds. The molecule has 0 bridgehead atoms. The Bertz CT molecular complexity index is 688. The van der Waals surface area contributed by atoms with Gasteiger partial charge in [-0.3, -0.25) is 0 Å². The first-order valence-electron chi connectivity index (χ1n) is 6.94. The van der Waals surface area contributed by atoms with Crippen molar-refractivity contribution < 1.29 is 19.1 Å². The van der Waals surface area contributed by atoms with E-state index in [1.54, 1.807) is 0 Å². The number of nitrogens with one attached hydrogen (secondary N) is 1. The summed E-state index contributed by atoms with van der Waals surface area (Å²) in [5.41, 5.74) is 2.71. The van der Waals surface area contributed by atoms with Gasteiger partial charge in [-0.2, -0.15) is 0 Å². The van der Waals surface area contributed by atoms with Crippen LogP contribution in [-0.4, -0.2) is 26.2 Å². The predicted octanol–water partition coefficient (Wildman–Crippen LogP) is 3.00. The maximum Gasteiger partial charge on any atom is 0.346 e. The highest BCUT2D eigenvalue weighted by molar-refractivity contribution is 6.14. The molecule has 0 aliphatic rings. The number of hydrogen-bond donors (Lipinski definition) is 1. The number of hydrogen-bond acceptors (Lipinski definition) is 5. The van der Waals surface area contributed by atoms with Crippen LogP contribution in [0.15, 0.2) is 66.4 Å². The Labute approximate surface area is 134 Å². The van der Waals surface area contributed by atoms with Gasteiger partial charge in [0.05, 0.1) is 14.2 Å². The van der Waals surface area contributed by atoms with Crippen molar-refractivity contribution in [3.63, 3.8) is 0 Å². The molecule has 0 saturated carbocycles. The van der Waals surface area contributed by atoms with Crippen LogP contribution in [0.3, 0.4) is 0 Å². The summed E-state index contributed by atoms with van der Waals surface area (Å²) in [5, 5.41) is 2.89. The zero-order valence-electron chi connectivity index (χ0n) is 12.9. The third-order valence-electron chi connectivity index (χ3n) is 3.19. The Balaban J connectivity index is 2.15. The Hall–Kier alpha value is -3.08. The van der Waals surface area contributed by atoms with Gasteiger partial charge in [-0.1, -0.05) is 42.5 Å². The van der Waals surface area contributed by atoms with Crippen LogP contribution in [0.25, 0.3) is 11.1 Å². The van der Waals surface area contributed by atoms with E-state index in [1.807, 2.05) is 54.6 Å². The second-order valence-corrected chi connectivity index (χ2v) is 4.63. The molecule has 0 atom stereocenters. The van der Waals surface area contributed by atoms with Crippen LogP contribution < -0.4 is 5.32 Å². The number of methoxy groups -OCH3 is 2. The predicted molar refractivity (Wildman–Crippen MR) is 87.6 cm³/mol. The average molecular weight is 311 g/mol. The lowest BCUT2D eigenvalue weighted by atomic mass is 10.1. The van der Waals surface area contributed by atoms with Crippen molar-refractivity contribution in [3.8, 4) is 11.1 Å². The van der Waals surface area contributed by atoms with Crippen molar-refractivity contribution in [1.29, 1.82) is 0 Å². The minimum absolute atomic E-state index is 0.206. The summed E-state index contributed by atoms with van der Waals surface area (Å²) in [5.74, 6) is -1.52. The van der Waals surface area contributed by atoms with Crippen LogP contribution in [0.5, 0.6) is 0 Å². The molecule has 2 aromatic rings. The topological polar surface area (TPSA) is 64.6 Å². The van der Waals surface area contributed by atoms with E-state index in [-0.39, 0.29) is 5.57 Å². The molecule has 0 unspecified atom stereocenters. The Kier molecular flexibility index (Phi) is 5.52. The monoisotopic (exact) mass is 311 g/mol. The lowest BCUT2D eigenvalue weighted by Crippen LogP contribution is -2.17. The third kappa shape index (κ3) is 4.20. The summed E-state index contributed by atoms with van der Waals surface area (Å²) in [6, 6.07) is 17.6. The maximum atomic E-state index is 11.5. The molecule has 0 heterocycles. The SMILES string of the molecule is COC(=O)C(=CNc1ccc(-c2ccccc2)cc1)C(=O)OC. The van der Waals surface area contributed by atoms with Crippen molar-refractivity contribution >= 4 is 17.6 Å². The van der Waals surface area contributed by atoms with Crippen LogP contribution in [0.4, 0.5) is 5.69 Å². The second kappa shape index (κ2) is 7.79. The molecule has 2 rings (SSSR count). The molecule has 0 spiro atoms. The summed E-state index contributed by atoms with van der Waals surface area (Å²) in [6.07, 6.45) is 1.27. The zero-order valence-corrected chi connectivity index (χ0v) is 12.9. The van der Waals surface area contributed by atoms with Crippen LogP contribution in [0, 0.1) is 0 Å². The van der Waals surface area contributed by atoms with Crippen LogP contribution in [0.2, 0.25) is 0 Å². The first kappa shape index (κ1) is 16.3. The lowest BCUT2D eigenvalue weighted by molar-refractivity contribution is -0.144. The molecule has 0 radical (unpaired) electrons. The second-order valence-electron chi connectivity index (χ2n) is 4.63. The number of esters is 2. The number of anilines is 1. The van der Waals surface area contributed by atoms with Crippen molar-refractivity contribution in [3.05, 3.63) is 66.4 Å². The van der Waals surface area contributed by atoms with Gasteiger partial charge in [0.25, 0.3) is 0 Å². The van der Waals surface area contributed by atoms with Crippen LogP contribution in [-0.2, 0) is 19.1 Å². The highest BCUT2D eigenvalue weighted by atomic mass is 16.5. The summed E-state index contributed by atoms with van der Waals surface area (Å²) in [6.45, 7) is 0. The molecule has 0 saturated heterocycles. The van der Waals surface area contributed by atoms with Gasteiger partial charge in [0.15, 0.2) is 5.57 Å². The van der Waals surface area contributed by atoms with Crippen molar-refractivity contribution in [2.24, 2.45) is 0 Å². The summed E-state index contributed by atoms with van der Waals surface area (Å²) < 4.78 is 9.11. The molecule has 118 valence electrons. The molecule has 0 aromatic heterocycles. The summed E-state index contributed by atoms with van der Waals surface area (Å²) in [4.78, 5) is 23.1. The minimum atomic E-state index is -0.759. The number of benzene rings is 2. The molecule has 0 aliphatic heterocycles. The van der Waals surface area contributed by atoms with Gasteiger partial charge in [-0.25, -0.2) is 9.59 Å². The first-order valence-corrected chi connectivity index (χ1v) is 6.94. The van der Waals surface area contributed by atoms with E-state index in [9.17, 15) is 9.59 Å². The van der Waals surface area contributed by atoms with Gasteiger partial charge in [0.2, 0.25) is 0 Å². The van der Waals surface area contributed by atoms with Gasteiger partial charge in [-0.15, -0.1) is 0 Å². The van der Waals surface area contributed by atoms with E-state index in [4.69, 9.17) is 0 Å². The molecule has 23 heavy (non-hydrogen) atoms. The normalized spacial score (nSPS) is 9.65. The maximum absolute atomic E-state index is 11.5. The van der Waals surface area contributed by atoms with E-state index < -0.39 is 11.9 Å². The Morgan fingerprint density at radius 3 is 1.87 bits per heavy atom. The lowest BCUT2D eigenvalue weighted by Gasteiger charge is -2.07. The molecular weight excluding hydrogens is 294 g/mol. The number of carbonyl (C=O) groups is 2. The molecule has 5 nitrogen and oxygen atoms in total. The number of ether oxygens (including phenoxy) is 2. The molecule has 0 aliphatic carbocycles. The molecular formula is C18H17NO4. The van der Waals surface area contributed by atoms with Crippen molar-refractivity contribution in [2.75, 3.05) is 19.5 Å². The molecule has 5 heteroatoms. The molecule has 2 aromatic carbocycles. The minimum Gasteiger partial charge on any atom is -0.465 e. The van der Waals surface area contributed by atoms with E-state index in [2.05, 4.69) is 14.8 Å². The highest BCUT2D eigenvalue weighted by Crippen LogP contribution is 2.21. The Morgan fingerprint density at radius 2 is 1.35 bits per heavy atom. The largest absolute Gasteiger partial charge is 0.465 e. The van der Waals surface area contributed by atoms with E-state index >= 15 is 0 Å². The average Bonchev–Trinajstić information content (AvgIpc) is 2.62. The van der Waals surface area contributed by atoms with E-state index in [0.717, 1.165) is 16.8 Å². The molecule has 1 N–H and O–H groups in total. The van der Waals surface area contributed by atoms with E-state index in [0.29, 0.717) is 0 Å². The standard InChI is InChI=1S/C18H17NO4/c1-22-17(20)16(18(21)23-2)12-19-15-10-8-14(9-11-15)13-6-4-3-5-7-13/h3-12,19H,1-2H3. The fraction of sp³-hybridized carbons (Fsp3) is 0.111. The first-order chi connectivity index (χ1) is 11.2. The third-order valence-corrected chi connectivity index (χ3v) is 3.19. The fourth-order valence-electron chi connectivity index (χ4n) is 1.97. The van der Waals surface area contributed by atoms with Crippen molar-refractivity contribution in [1.82, 2.24) is 0 Å². The van der Waals surface area contributed by atoms with Crippen molar-refractivity contribution in [2.45, 2.75) is 0 Å². The van der Waals surface area contributed by atoms with Gasteiger partial charge in [0.1, 0.15) is 0 Å². The van der Waals surface area contributed by atoms with E-state index in [1.165, 1.54) is 20.4 Å². The van der Waals surface area contributed by atoms with Gasteiger partial charge in [0, 0.05) is 11.9 Å².